The maximum atomic E-state index is 11.1. The van der Waals surface area contributed by atoms with Crippen LogP contribution in [0.15, 0.2) is 24.3 Å². The first-order valence-corrected chi connectivity index (χ1v) is 5.75. The Balaban J connectivity index is 2.48. The van der Waals surface area contributed by atoms with Gasteiger partial charge in [-0.05, 0) is 26.0 Å². The van der Waals surface area contributed by atoms with Crippen LogP contribution < -0.4 is 10.6 Å². The van der Waals surface area contributed by atoms with Gasteiger partial charge in [-0.15, -0.1) is 0 Å². The van der Waals surface area contributed by atoms with E-state index in [-0.39, 0.29) is 11.8 Å². The van der Waals surface area contributed by atoms with Crippen LogP contribution in [0.5, 0.6) is 0 Å². The van der Waals surface area contributed by atoms with Crippen LogP contribution in [0.25, 0.3) is 0 Å². The van der Waals surface area contributed by atoms with Gasteiger partial charge in [0, 0.05) is 17.7 Å². The number of hydrogen-bond donors (Lipinski definition) is 2. The van der Waals surface area contributed by atoms with E-state index >= 15 is 0 Å². The van der Waals surface area contributed by atoms with Crippen LogP contribution in [0, 0.1) is 11.8 Å². The summed E-state index contributed by atoms with van der Waals surface area (Å²) in [5.74, 6) is 5.77. The lowest BCUT2D eigenvalue weighted by Crippen LogP contribution is -2.35. The molecule has 0 fully saturated rings. The average molecular weight is 244 g/mol. The van der Waals surface area contributed by atoms with E-state index in [4.69, 9.17) is 0 Å². The average Bonchev–Trinajstić information content (AvgIpc) is 2.35. The Labute approximate surface area is 107 Å². The zero-order valence-electron chi connectivity index (χ0n) is 10.5. The molecule has 0 radical (unpaired) electrons. The lowest BCUT2D eigenvalue weighted by molar-refractivity contribution is 0.101. The second-order valence-electron chi connectivity index (χ2n) is 3.65. The van der Waals surface area contributed by atoms with Gasteiger partial charge in [-0.25, -0.2) is 4.79 Å². The quantitative estimate of drug-likeness (QED) is 0.626. The summed E-state index contributed by atoms with van der Waals surface area (Å²) in [5.41, 5.74) is 1.48. The molecule has 2 N–H and O–H groups in total. The Morgan fingerprint density at radius 2 is 1.83 bits per heavy atom. The van der Waals surface area contributed by atoms with Crippen LogP contribution in [0.1, 0.15) is 29.8 Å². The van der Waals surface area contributed by atoms with Gasteiger partial charge in [0.15, 0.2) is 5.78 Å². The molecule has 18 heavy (non-hydrogen) atoms. The Morgan fingerprint density at radius 1 is 1.17 bits per heavy atom. The van der Waals surface area contributed by atoms with Crippen LogP contribution in [0.4, 0.5) is 4.79 Å². The maximum absolute atomic E-state index is 11.1. The van der Waals surface area contributed by atoms with Gasteiger partial charge in [-0.1, -0.05) is 24.0 Å². The number of Topliss-reactive ketones (excluding diaryl/α,β-unsaturated/α-hetero) is 1. The van der Waals surface area contributed by atoms with E-state index in [1.165, 1.54) is 6.92 Å². The molecule has 0 aromatic heterocycles. The summed E-state index contributed by atoms with van der Waals surface area (Å²) in [5, 5.41) is 5.21. The van der Waals surface area contributed by atoms with Gasteiger partial charge < -0.3 is 10.6 Å². The number of carbonyl (C=O) groups excluding carboxylic acids is 2. The number of nitrogens with one attached hydrogen (secondary N) is 2. The van der Waals surface area contributed by atoms with Crippen molar-refractivity contribution in [2.45, 2.75) is 13.8 Å². The van der Waals surface area contributed by atoms with Gasteiger partial charge in [0.25, 0.3) is 0 Å². The summed E-state index contributed by atoms with van der Waals surface area (Å²) in [7, 11) is 0. The molecule has 0 aliphatic heterocycles. The standard InChI is InChI=1S/C14H16N2O2/c1-3-15-14(18)16-10-4-5-12-6-8-13(9-7-12)11(2)17/h6-9H,3,10H2,1-2H3,(H2,15,16,18). The van der Waals surface area contributed by atoms with Crippen molar-refractivity contribution >= 4 is 11.8 Å². The molecule has 4 nitrogen and oxygen atoms in total. The zero-order valence-corrected chi connectivity index (χ0v) is 10.5. The Morgan fingerprint density at radius 3 is 2.39 bits per heavy atom. The number of benzene rings is 1. The van der Waals surface area contributed by atoms with Crippen molar-refractivity contribution in [1.82, 2.24) is 10.6 Å². The van der Waals surface area contributed by atoms with E-state index in [0.717, 1.165) is 5.56 Å². The second-order valence-corrected chi connectivity index (χ2v) is 3.65. The van der Waals surface area contributed by atoms with Crippen molar-refractivity contribution in [3.63, 3.8) is 0 Å². The predicted molar refractivity (Wildman–Crippen MR) is 70.4 cm³/mol. The molecular weight excluding hydrogens is 228 g/mol. The van der Waals surface area contributed by atoms with Gasteiger partial charge in [-0.3, -0.25) is 4.79 Å². The number of ketones is 1. The highest BCUT2D eigenvalue weighted by molar-refractivity contribution is 5.94. The Kier molecular flexibility index (Phi) is 5.46. The number of rotatable bonds is 3. The van der Waals surface area contributed by atoms with Crippen LogP contribution in [0.2, 0.25) is 0 Å². The van der Waals surface area contributed by atoms with Gasteiger partial charge in [0.1, 0.15) is 0 Å². The van der Waals surface area contributed by atoms with Crippen molar-refractivity contribution < 1.29 is 9.59 Å². The van der Waals surface area contributed by atoms with Crippen LogP contribution >= 0.6 is 0 Å². The summed E-state index contributed by atoms with van der Waals surface area (Å²) in [6.07, 6.45) is 0. The molecule has 0 aliphatic carbocycles. The molecule has 0 bridgehead atoms. The molecule has 1 rings (SSSR count). The first-order chi connectivity index (χ1) is 8.63. The van der Waals surface area contributed by atoms with Gasteiger partial charge in [0.05, 0.1) is 6.54 Å². The largest absolute Gasteiger partial charge is 0.338 e. The maximum Gasteiger partial charge on any atom is 0.315 e. The summed E-state index contributed by atoms with van der Waals surface area (Å²) in [6.45, 7) is 4.25. The van der Waals surface area contributed by atoms with Crippen molar-refractivity contribution in [2.75, 3.05) is 13.1 Å². The first kappa shape index (κ1) is 13.8. The fraction of sp³-hybridized carbons (Fsp3) is 0.286. The smallest absolute Gasteiger partial charge is 0.315 e. The van der Waals surface area contributed by atoms with Crippen LogP contribution in [0.3, 0.4) is 0 Å². The molecule has 0 aliphatic rings. The minimum atomic E-state index is -0.223. The third-order valence-electron chi connectivity index (χ3n) is 2.20. The van der Waals surface area contributed by atoms with Crippen LogP contribution in [-0.2, 0) is 0 Å². The van der Waals surface area contributed by atoms with Crippen molar-refractivity contribution in [2.24, 2.45) is 0 Å². The third kappa shape index (κ3) is 4.71. The molecule has 2 amide bonds. The molecule has 0 atom stereocenters. The number of hydrogen-bond acceptors (Lipinski definition) is 2. The molecule has 0 saturated carbocycles. The monoisotopic (exact) mass is 244 g/mol. The minimum Gasteiger partial charge on any atom is -0.338 e. The van der Waals surface area contributed by atoms with Crippen molar-refractivity contribution in [1.29, 1.82) is 0 Å². The number of amides is 2. The highest BCUT2D eigenvalue weighted by Gasteiger charge is 1.97. The van der Waals surface area contributed by atoms with E-state index < -0.39 is 0 Å². The third-order valence-corrected chi connectivity index (χ3v) is 2.20. The number of urea groups is 1. The van der Waals surface area contributed by atoms with E-state index in [1.54, 1.807) is 24.3 Å². The summed E-state index contributed by atoms with van der Waals surface area (Å²) < 4.78 is 0. The fourth-order valence-corrected chi connectivity index (χ4v) is 1.28. The molecule has 0 unspecified atom stereocenters. The van der Waals surface area contributed by atoms with Crippen molar-refractivity contribution in [3.05, 3.63) is 35.4 Å². The predicted octanol–water partition coefficient (Wildman–Crippen LogP) is 1.56. The van der Waals surface area contributed by atoms with E-state index in [2.05, 4.69) is 22.5 Å². The van der Waals surface area contributed by atoms with Crippen LogP contribution in [-0.4, -0.2) is 24.9 Å². The topological polar surface area (TPSA) is 58.2 Å². The summed E-state index contributed by atoms with van der Waals surface area (Å²) >= 11 is 0. The van der Waals surface area contributed by atoms with Gasteiger partial charge in [-0.2, -0.15) is 0 Å². The molecular formula is C14H16N2O2. The molecule has 4 heteroatoms. The summed E-state index contributed by atoms with van der Waals surface area (Å²) in [4.78, 5) is 22.1. The molecule has 0 saturated heterocycles. The highest BCUT2D eigenvalue weighted by atomic mass is 16.2. The lowest BCUT2D eigenvalue weighted by Gasteiger charge is -2.00. The Bertz CT molecular complexity index is 481. The zero-order chi connectivity index (χ0) is 13.4. The molecule has 1 aromatic rings. The van der Waals surface area contributed by atoms with E-state index in [9.17, 15) is 9.59 Å². The summed E-state index contributed by atoms with van der Waals surface area (Å²) in [6, 6.07) is 6.83. The Hall–Kier alpha value is -2.28. The molecule has 0 spiro atoms. The van der Waals surface area contributed by atoms with Crippen molar-refractivity contribution in [3.8, 4) is 11.8 Å². The SMILES string of the molecule is CCNC(=O)NCC#Cc1ccc(C(C)=O)cc1. The highest BCUT2D eigenvalue weighted by Crippen LogP contribution is 2.03. The first-order valence-electron chi connectivity index (χ1n) is 5.75. The van der Waals surface area contributed by atoms with Gasteiger partial charge in [0.2, 0.25) is 0 Å². The molecule has 1 aromatic carbocycles. The normalized spacial score (nSPS) is 9.00. The fourth-order valence-electron chi connectivity index (χ4n) is 1.28. The number of carbonyl (C=O) groups is 2. The van der Waals surface area contributed by atoms with E-state index in [1.807, 2.05) is 6.92 Å². The van der Waals surface area contributed by atoms with Gasteiger partial charge >= 0.3 is 6.03 Å². The second kappa shape index (κ2) is 7.13. The van der Waals surface area contributed by atoms with E-state index in [0.29, 0.717) is 18.7 Å². The lowest BCUT2D eigenvalue weighted by atomic mass is 10.1. The molecule has 94 valence electrons. The minimum absolute atomic E-state index is 0.0346. The molecule has 0 heterocycles.